The number of halogens is 2. The fraction of sp³-hybridized carbons (Fsp3) is 0.282. The molecule has 0 saturated carbocycles. The maximum absolute atomic E-state index is 11.5. The minimum atomic E-state index is 0.103. The third-order valence-electron chi connectivity index (χ3n) is 9.35. The van der Waals surface area contributed by atoms with Crippen molar-refractivity contribution in [3.05, 3.63) is 100 Å². The molecule has 3 aromatic carbocycles. The number of carbonyl (C=O) groups is 2. The first kappa shape index (κ1) is 33.9. The van der Waals surface area contributed by atoms with Gasteiger partial charge in [-0.25, -0.2) is 4.98 Å². The number of hydrogen-bond donors (Lipinski definition) is 4. The second-order valence-corrected chi connectivity index (χ2v) is 13.6. The SMILES string of the molecule is COc1nc(-c2cccc(-c3cccc(-c4cnc5cc(CNC[C@@H]6CCC(=O)N6)ccc5c4)c3Cl)c2Cl)ccc1CNC[C@H]1CCC(=O)N1. The van der Waals surface area contributed by atoms with Crippen molar-refractivity contribution in [2.45, 2.75) is 50.9 Å². The molecular formula is C39H38Cl2N6O3. The number of nitrogens with one attached hydrogen (secondary N) is 4. The Morgan fingerprint density at radius 3 is 2.08 bits per heavy atom. The summed E-state index contributed by atoms with van der Waals surface area (Å²) < 4.78 is 5.66. The van der Waals surface area contributed by atoms with Crippen LogP contribution in [-0.4, -0.2) is 54.1 Å². The van der Waals surface area contributed by atoms with Crippen molar-refractivity contribution in [3.8, 4) is 39.4 Å². The minimum Gasteiger partial charge on any atom is -0.481 e. The van der Waals surface area contributed by atoms with E-state index in [0.29, 0.717) is 54.1 Å². The fourth-order valence-corrected chi connectivity index (χ4v) is 7.35. The maximum atomic E-state index is 11.5. The lowest BCUT2D eigenvalue weighted by Crippen LogP contribution is -2.35. The van der Waals surface area contributed by atoms with Crippen molar-refractivity contribution in [2.75, 3.05) is 20.2 Å². The smallest absolute Gasteiger partial charge is 0.220 e. The molecule has 7 rings (SSSR count). The van der Waals surface area contributed by atoms with Gasteiger partial charge in [-0.1, -0.05) is 77.8 Å². The summed E-state index contributed by atoms with van der Waals surface area (Å²) in [5.41, 5.74) is 7.77. The van der Waals surface area contributed by atoms with Gasteiger partial charge in [0.2, 0.25) is 17.7 Å². The lowest BCUT2D eigenvalue weighted by Gasteiger charge is -2.16. The molecule has 2 aromatic heterocycles. The van der Waals surface area contributed by atoms with Crippen LogP contribution in [0.5, 0.6) is 5.88 Å². The second kappa shape index (κ2) is 15.1. The topological polar surface area (TPSA) is 117 Å². The van der Waals surface area contributed by atoms with Crippen LogP contribution in [0.25, 0.3) is 44.4 Å². The molecule has 4 N–H and O–H groups in total. The fourth-order valence-electron chi connectivity index (χ4n) is 6.69. The van der Waals surface area contributed by atoms with Crippen molar-refractivity contribution in [3.63, 3.8) is 0 Å². The van der Waals surface area contributed by atoms with Crippen LogP contribution in [0.1, 0.15) is 36.8 Å². The number of rotatable bonds is 12. The van der Waals surface area contributed by atoms with Crippen LogP contribution in [0, 0.1) is 0 Å². The van der Waals surface area contributed by atoms with Gasteiger partial charge in [-0.05, 0) is 36.6 Å². The number of pyridine rings is 2. The van der Waals surface area contributed by atoms with Gasteiger partial charge in [-0.3, -0.25) is 14.6 Å². The highest BCUT2D eigenvalue weighted by Gasteiger charge is 2.22. The average Bonchev–Trinajstić information content (AvgIpc) is 3.75. The third-order valence-corrected chi connectivity index (χ3v) is 10.2. The first-order valence-electron chi connectivity index (χ1n) is 16.9. The summed E-state index contributed by atoms with van der Waals surface area (Å²) in [6.45, 7) is 2.69. The monoisotopic (exact) mass is 708 g/mol. The van der Waals surface area contributed by atoms with Crippen LogP contribution in [0.15, 0.2) is 79.0 Å². The van der Waals surface area contributed by atoms with Gasteiger partial charge in [0.1, 0.15) is 0 Å². The molecule has 0 unspecified atom stereocenters. The van der Waals surface area contributed by atoms with Crippen LogP contribution < -0.4 is 26.0 Å². The quantitative estimate of drug-likeness (QED) is 0.114. The van der Waals surface area contributed by atoms with Gasteiger partial charge < -0.3 is 26.0 Å². The summed E-state index contributed by atoms with van der Waals surface area (Å²) >= 11 is 14.2. The summed E-state index contributed by atoms with van der Waals surface area (Å²) in [5, 5.41) is 15.0. The number of amides is 2. The highest BCUT2D eigenvalue weighted by Crippen LogP contribution is 2.42. The van der Waals surface area contributed by atoms with E-state index in [9.17, 15) is 9.59 Å². The Morgan fingerprint density at radius 2 is 1.42 bits per heavy atom. The molecule has 0 aliphatic carbocycles. The molecule has 9 nitrogen and oxygen atoms in total. The Kier molecular flexibility index (Phi) is 10.3. The van der Waals surface area contributed by atoms with Crippen molar-refractivity contribution < 1.29 is 14.3 Å². The number of fused-ring (bicyclic) bond motifs is 1. The van der Waals surface area contributed by atoms with Crippen molar-refractivity contribution in [2.24, 2.45) is 0 Å². The van der Waals surface area contributed by atoms with Crippen molar-refractivity contribution >= 4 is 45.9 Å². The number of benzene rings is 3. The second-order valence-electron chi connectivity index (χ2n) is 12.8. The normalized spacial score (nSPS) is 17.3. The van der Waals surface area contributed by atoms with E-state index in [0.717, 1.165) is 69.2 Å². The average molecular weight is 710 g/mol. The molecule has 256 valence electrons. The zero-order valence-corrected chi connectivity index (χ0v) is 29.2. The van der Waals surface area contributed by atoms with Crippen molar-refractivity contribution in [1.82, 2.24) is 31.2 Å². The number of aromatic nitrogens is 2. The van der Waals surface area contributed by atoms with Gasteiger partial charge in [0.25, 0.3) is 0 Å². The predicted molar refractivity (Wildman–Crippen MR) is 198 cm³/mol. The molecule has 0 spiro atoms. The van der Waals surface area contributed by atoms with Gasteiger partial charge in [0, 0.05) is 96.1 Å². The molecule has 2 amide bonds. The van der Waals surface area contributed by atoms with E-state index in [1.807, 2.05) is 54.7 Å². The molecule has 2 saturated heterocycles. The number of methoxy groups -OCH3 is 1. The number of nitrogens with zero attached hydrogens (tertiary/aromatic N) is 2. The Labute approximate surface area is 301 Å². The highest BCUT2D eigenvalue weighted by atomic mass is 35.5. The van der Waals surface area contributed by atoms with E-state index in [4.69, 9.17) is 37.9 Å². The van der Waals surface area contributed by atoms with Gasteiger partial charge in [0.05, 0.1) is 28.4 Å². The zero-order chi connectivity index (χ0) is 34.6. The summed E-state index contributed by atoms with van der Waals surface area (Å²) in [5.74, 6) is 0.743. The van der Waals surface area contributed by atoms with Gasteiger partial charge in [-0.2, -0.15) is 0 Å². The first-order valence-corrected chi connectivity index (χ1v) is 17.6. The molecule has 50 heavy (non-hydrogen) atoms. The standard InChI is InChI=1S/C39H38Cl2N6O3/c1-50-39-25(19-43-22-28-12-15-36(49)46-28)10-13-33(47-39)32-7-3-6-31(38(32)41)30-5-2-4-29(37(30)40)26-17-24-9-8-23(16-34(24)44-20-26)18-42-21-27-11-14-35(48)45-27/h2-10,13,16-17,20,27-28,42-43H,11-12,14-15,18-19,21-22H2,1H3,(H,45,48)(H,46,49)/t27-,28+/m0/s1. The first-order chi connectivity index (χ1) is 24.4. The summed E-state index contributed by atoms with van der Waals surface area (Å²) in [7, 11) is 1.61. The lowest BCUT2D eigenvalue weighted by molar-refractivity contribution is -0.120. The van der Waals surface area contributed by atoms with E-state index >= 15 is 0 Å². The molecule has 2 atom stereocenters. The molecule has 0 bridgehead atoms. The molecule has 2 aliphatic rings. The summed E-state index contributed by atoms with van der Waals surface area (Å²) in [6.07, 6.45) is 4.75. The van der Waals surface area contributed by atoms with Crippen LogP contribution in [0.3, 0.4) is 0 Å². The number of hydrogen-bond acceptors (Lipinski definition) is 7. The molecule has 2 aliphatic heterocycles. The third kappa shape index (κ3) is 7.46. The van der Waals surface area contributed by atoms with Gasteiger partial charge >= 0.3 is 0 Å². The Bertz CT molecular complexity index is 2070. The summed E-state index contributed by atoms with van der Waals surface area (Å²) in [6, 6.07) is 24.4. The van der Waals surface area contributed by atoms with Crippen LogP contribution in [0.4, 0.5) is 0 Å². The van der Waals surface area contributed by atoms with Gasteiger partial charge in [-0.15, -0.1) is 0 Å². The molecule has 0 radical (unpaired) electrons. The molecule has 11 heteroatoms. The van der Waals surface area contributed by atoms with E-state index in [-0.39, 0.29) is 23.9 Å². The maximum Gasteiger partial charge on any atom is 0.220 e. The lowest BCUT2D eigenvalue weighted by atomic mass is 9.96. The van der Waals surface area contributed by atoms with Crippen LogP contribution in [-0.2, 0) is 22.7 Å². The van der Waals surface area contributed by atoms with E-state index < -0.39 is 0 Å². The van der Waals surface area contributed by atoms with E-state index in [1.165, 1.54) is 0 Å². The molecule has 5 aromatic rings. The molecule has 2 fully saturated rings. The van der Waals surface area contributed by atoms with Crippen molar-refractivity contribution in [1.29, 1.82) is 0 Å². The van der Waals surface area contributed by atoms with Gasteiger partial charge in [0.15, 0.2) is 0 Å². The Balaban J connectivity index is 1.08. The Hall–Kier alpha value is -4.54. The number of carbonyl (C=O) groups excluding carboxylic acids is 2. The van der Waals surface area contributed by atoms with Crippen LogP contribution in [0.2, 0.25) is 10.0 Å². The van der Waals surface area contributed by atoms with E-state index in [2.05, 4.69) is 45.5 Å². The highest BCUT2D eigenvalue weighted by molar-refractivity contribution is 6.39. The summed E-state index contributed by atoms with van der Waals surface area (Å²) in [4.78, 5) is 32.6. The predicted octanol–water partition coefficient (Wildman–Crippen LogP) is 6.68. The Morgan fingerprint density at radius 1 is 0.780 bits per heavy atom. The largest absolute Gasteiger partial charge is 0.481 e. The number of ether oxygens (including phenoxy) is 1. The molecular weight excluding hydrogens is 671 g/mol. The molecule has 4 heterocycles. The zero-order valence-electron chi connectivity index (χ0n) is 27.7. The van der Waals surface area contributed by atoms with Crippen LogP contribution >= 0.6 is 23.2 Å². The van der Waals surface area contributed by atoms with E-state index in [1.54, 1.807) is 7.11 Å². The minimum absolute atomic E-state index is 0.103.